The van der Waals surface area contributed by atoms with E-state index in [0.29, 0.717) is 11.8 Å². The topological polar surface area (TPSA) is 8.81 Å². The quantitative estimate of drug-likeness (QED) is 0.370. The highest BCUT2D eigenvalue weighted by Crippen LogP contribution is 2.32. The highest BCUT2D eigenvalue weighted by molar-refractivity contribution is 5.75. The number of para-hydroxylation sites is 3. The van der Waals surface area contributed by atoms with E-state index in [1.165, 1.54) is 33.4 Å². The molecule has 0 atom stereocenters. The first-order valence-electron chi connectivity index (χ1n) is 10.2. The zero-order valence-electron chi connectivity index (χ0n) is 17.3. The first-order valence-corrected chi connectivity index (χ1v) is 10.2. The van der Waals surface area contributed by atoms with Crippen molar-refractivity contribution in [1.29, 1.82) is 0 Å². The molecule has 4 rings (SSSR count). The summed E-state index contributed by atoms with van der Waals surface area (Å²) >= 11 is 0. The summed E-state index contributed by atoms with van der Waals surface area (Å²) < 4.78 is 4.77. The van der Waals surface area contributed by atoms with Crippen molar-refractivity contribution >= 4 is 11.0 Å². The second-order valence-electron chi connectivity index (χ2n) is 8.18. The summed E-state index contributed by atoms with van der Waals surface area (Å²) in [5.74, 6) is 0.940. The van der Waals surface area contributed by atoms with Gasteiger partial charge >= 0.3 is 0 Å². The number of hydrogen-bond acceptors (Lipinski definition) is 0. The number of fused-ring (bicyclic) bond motifs is 1. The fourth-order valence-corrected chi connectivity index (χ4v) is 4.05. The van der Waals surface area contributed by atoms with Crippen LogP contribution >= 0.6 is 0 Å². The number of nitrogens with zero attached hydrogens (tertiary/aromatic N) is 2. The maximum absolute atomic E-state index is 2.41. The van der Waals surface area contributed by atoms with Crippen molar-refractivity contribution in [2.24, 2.45) is 0 Å². The first-order chi connectivity index (χ1) is 13.6. The minimum absolute atomic E-state index is 0.470. The Morgan fingerprint density at radius 3 is 1.96 bits per heavy atom. The predicted octanol–water partition coefficient (Wildman–Crippen LogP) is 6.21. The molecular formula is C26H29N2+. The van der Waals surface area contributed by atoms with Crippen molar-refractivity contribution < 1.29 is 4.57 Å². The summed E-state index contributed by atoms with van der Waals surface area (Å²) in [5.41, 5.74) is 7.98. The van der Waals surface area contributed by atoms with Crippen LogP contribution in [-0.4, -0.2) is 4.57 Å². The van der Waals surface area contributed by atoms with Crippen LogP contribution in [0.1, 0.15) is 56.2 Å². The van der Waals surface area contributed by atoms with Gasteiger partial charge in [-0.15, -0.1) is 0 Å². The van der Waals surface area contributed by atoms with Gasteiger partial charge in [0.25, 0.3) is 0 Å². The molecule has 0 unspecified atom stereocenters. The predicted molar refractivity (Wildman–Crippen MR) is 117 cm³/mol. The fourth-order valence-electron chi connectivity index (χ4n) is 4.05. The molecule has 0 aliphatic rings. The van der Waals surface area contributed by atoms with E-state index in [4.69, 9.17) is 0 Å². The molecule has 0 aliphatic heterocycles. The standard InChI is InChI=1S/C26H29N2/c1-19(2)22-13-10-14-23(20(3)4)26(22)28-18-27(17-21-11-6-5-7-12-21)24-15-8-9-16-25(24)28/h5-16,18-20H,17H2,1-4H3/q+1. The molecule has 2 heteroatoms. The lowest BCUT2D eigenvalue weighted by atomic mass is 9.92. The van der Waals surface area contributed by atoms with Crippen LogP contribution in [0.15, 0.2) is 79.1 Å². The Kier molecular flexibility index (Phi) is 5.04. The Morgan fingerprint density at radius 2 is 1.32 bits per heavy atom. The monoisotopic (exact) mass is 369 g/mol. The van der Waals surface area contributed by atoms with Crippen LogP contribution in [0.2, 0.25) is 0 Å². The SMILES string of the molecule is CC(C)c1cccc(C(C)C)c1-n1c[n+](Cc2ccccc2)c2ccccc21. The van der Waals surface area contributed by atoms with Crippen molar-refractivity contribution in [2.45, 2.75) is 46.1 Å². The number of benzene rings is 3. The number of imidazole rings is 1. The molecule has 0 saturated heterocycles. The lowest BCUT2D eigenvalue weighted by Gasteiger charge is -2.16. The van der Waals surface area contributed by atoms with Gasteiger partial charge in [-0.2, -0.15) is 4.57 Å². The second-order valence-corrected chi connectivity index (χ2v) is 8.18. The molecule has 0 bridgehead atoms. The molecule has 142 valence electrons. The highest BCUT2D eigenvalue weighted by atomic mass is 15.1. The number of rotatable bonds is 5. The average molecular weight is 370 g/mol. The number of aromatic nitrogens is 2. The Balaban J connectivity index is 1.96. The van der Waals surface area contributed by atoms with Crippen LogP contribution in [0.25, 0.3) is 16.7 Å². The minimum atomic E-state index is 0.470. The minimum Gasteiger partial charge on any atom is -0.225 e. The maximum Gasteiger partial charge on any atom is 0.250 e. The van der Waals surface area contributed by atoms with Gasteiger partial charge in [0.05, 0.1) is 0 Å². The summed E-state index contributed by atoms with van der Waals surface area (Å²) in [4.78, 5) is 0. The molecule has 0 spiro atoms. The summed E-state index contributed by atoms with van der Waals surface area (Å²) in [5, 5.41) is 0. The Labute approximate surface area is 168 Å². The Morgan fingerprint density at radius 1 is 0.714 bits per heavy atom. The van der Waals surface area contributed by atoms with Gasteiger partial charge in [0.1, 0.15) is 12.2 Å². The molecular weight excluding hydrogens is 340 g/mol. The molecule has 1 aromatic heterocycles. The van der Waals surface area contributed by atoms with Gasteiger partial charge < -0.3 is 0 Å². The lowest BCUT2D eigenvalue weighted by molar-refractivity contribution is -0.662. The lowest BCUT2D eigenvalue weighted by Crippen LogP contribution is -2.32. The van der Waals surface area contributed by atoms with Crippen molar-refractivity contribution in [3.05, 3.63) is 95.8 Å². The molecule has 0 N–H and O–H groups in total. The Bertz CT molecular complexity index is 1060. The molecule has 0 aliphatic carbocycles. The summed E-state index contributed by atoms with van der Waals surface area (Å²) in [6.45, 7) is 10.0. The first kappa shape index (κ1) is 18.5. The van der Waals surface area contributed by atoms with Crippen molar-refractivity contribution in [2.75, 3.05) is 0 Å². The average Bonchev–Trinajstić information content (AvgIpc) is 3.06. The van der Waals surface area contributed by atoms with Crippen LogP contribution < -0.4 is 4.57 Å². The van der Waals surface area contributed by atoms with Crippen LogP contribution in [0, 0.1) is 0 Å². The van der Waals surface area contributed by atoms with Gasteiger partial charge in [-0.25, -0.2) is 4.57 Å². The van der Waals surface area contributed by atoms with Crippen LogP contribution in [0.3, 0.4) is 0 Å². The molecule has 0 fully saturated rings. The third-order valence-corrected chi connectivity index (χ3v) is 5.48. The Hall–Kier alpha value is -2.87. The summed E-state index contributed by atoms with van der Waals surface area (Å²) in [7, 11) is 0. The molecule has 0 radical (unpaired) electrons. The molecule has 2 nitrogen and oxygen atoms in total. The smallest absolute Gasteiger partial charge is 0.225 e. The van der Waals surface area contributed by atoms with Crippen molar-refractivity contribution in [1.82, 2.24) is 4.57 Å². The third-order valence-electron chi connectivity index (χ3n) is 5.48. The van der Waals surface area contributed by atoms with Crippen LogP contribution in [0.5, 0.6) is 0 Å². The maximum atomic E-state index is 2.41. The van der Waals surface area contributed by atoms with Gasteiger partial charge in [0, 0.05) is 11.1 Å². The summed E-state index contributed by atoms with van der Waals surface area (Å²) in [6, 6.07) is 26.2. The number of hydrogen-bond donors (Lipinski definition) is 0. The molecule has 4 aromatic rings. The van der Waals surface area contributed by atoms with E-state index in [-0.39, 0.29) is 0 Å². The van der Waals surface area contributed by atoms with Gasteiger partial charge in [-0.1, -0.05) is 88.4 Å². The largest absolute Gasteiger partial charge is 0.250 e. The van der Waals surface area contributed by atoms with Crippen molar-refractivity contribution in [3.63, 3.8) is 0 Å². The van der Waals surface area contributed by atoms with E-state index < -0.39 is 0 Å². The zero-order chi connectivity index (χ0) is 19.7. The van der Waals surface area contributed by atoms with Gasteiger partial charge in [0.15, 0.2) is 11.0 Å². The fraction of sp³-hybridized carbons (Fsp3) is 0.269. The zero-order valence-corrected chi connectivity index (χ0v) is 17.3. The molecule has 0 saturated carbocycles. The molecule has 1 heterocycles. The van der Waals surface area contributed by atoms with Crippen molar-refractivity contribution in [3.8, 4) is 5.69 Å². The van der Waals surface area contributed by atoms with E-state index in [1.54, 1.807) is 0 Å². The van der Waals surface area contributed by atoms with E-state index in [0.717, 1.165) is 6.54 Å². The van der Waals surface area contributed by atoms with E-state index in [9.17, 15) is 0 Å². The molecule has 3 aromatic carbocycles. The molecule has 28 heavy (non-hydrogen) atoms. The van der Waals surface area contributed by atoms with Crippen LogP contribution in [-0.2, 0) is 6.54 Å². The van der Waals surface area contributed by atoms with E-state index in [2.05, 4.69) is 116 Å². The van der Waals surface area contributed by atoms with Gasteiger partial charge in [-0.05, 0) is 29.5 Å². The third kappa shape index (κ3) is 3.35. The van der Waals surface area contributed by atoms with E-state index >= 15 is 0 Å². The molecule has 0 amide bonds. The van der Waals surface area contributed by atoms with E-state index in [1.807, 2.05) is 0 Å². The van der Waals surface area contributed by atoms with Gasteiger partial charge in [-0.3, -0.25) is 0 Å². The highest BCUT2D eigenvalue weighted by Gasteiger charge is 2.24. The van der Waals surface area contributed by atoms with Gasteiger partial charge in [0.2, 0.25) is 6.33 Å². The second kappa shape index (κ2) is 7.63. The van der Waals surface area contributed by atoms with Crippen LogP contribution in [0.4, 0.5) is 0 Å². The summed E-state index contributed by atoms with van der Waals surface area (Å²) in [6.07, 6.45) is 2.28. The normalized spacial score (nSPS) is 11.6.